The van der Waals surface area contributed by atoms with Crippen LogP contribution in [0.4, 0.5) is 0 Å². The van der Waals surface area contributed by atoms with Gasteiger partial charge in [-0.2, -0.15) is 0 Å². The molecular weight excluding hydrogens is 366 g/mol. The Labute approximate surface area is 162 Å². The maximum atomic E-state index is 11.8. The van der Waals surface area contributed by atoms with Crippen molar-refractivity contribution >= 4 is 5.91 Å². The summed E-state index contributed by atoms with van der Waals surface area (Å²) in [6.07, 6.45) is -6.18. The number of amides is 1. The topological polar surface area (TPSA) is 128 Å². The zero-order valence-corrected chi connectivity index (χ0v) is 15.2. The molecule has 28 heavy (non-hydrogen) atoms. The third-order valence-electron chi connectivity index (χ3n) is 4.64. The van der Waals surface area contributed by atoms with E-state index in [2.05, 4.69) is 5.32 Å². The van der Waals surface area contributed by atoms with Gasteiger partial charge in [0, 0.05) is 12.6 Å². The van der Waals surface area contributed by atoms with Gasteiger partial charge in [-0.3, -0.25) is 4.79 Å². The summed E-state index contributed by atoms with van der Waals surface area (Å²) in [4.78, 5) is 11.8. The molecule has 1 fully saturated rings. The highest BCUT2D eigenvalue weighted by molar-refractivity contribution is 5.94. The molecule has 0 radical (unpaired) electrons. The molecule has 0 bridgehead atoms. The van der Waals surface area contributed by atoms with Crippen molar-refractivity contribution in [1.29, 1.82) is 0 Å². The lowest BCUT2D eigenvalue weighted by Gasteiger charge is -2.40. The fraction of sp³-hybridized carbons (Fsp3) is 0.350. The van der Waals surface area contributed by atoms with Crippen molar-refractivity contribution < 1.29 is 34.7 Å². The van der Waals surface area contributed by atoms with Crippen LogP contribution in [0.1, 0.15) is 22.0 Å². The molecule has 2 aromatic carbocycles. The first-order valence-corrected chi connectivity index (χ1v) is 8.85. The summed E-state index contributed by atoms with van der Waals surface area (Å²) in [5.41, 5.74) is 0.960. The molecule has 0 spiro atoms. The minimum atomic E-state index is -1.45. The van der Waals surface area contributed by atoms with Crippen molar-refractivity contribution in [3.05, 3.63) is 59.7 Å². The summed E-state index contributed by atoms with van der Waals surface area (Å²) in [6.45, 7) is -0.496. The predicted octanol–water partition coefficient (Wildman–Crippen LogP) is 0.353. The first kappa shape index (κ1) is 20.2. The van der Waals surface area contributed by atoms with Crippen LogP contribution in [0.25, 0.3) is 0 Å². The van der Waals surface area contributed by atoms with E-state index in [0.717, 1.165) is 0 Å². The molecule has 1 amide bonds. The van der Waals surface area contributed by atoms with Gasteiger partial charge >= 0.3 is 0 Å². The Balaban J connectivity index is 1.82. The molecule has 1 saturated heterocycles. The van der Waals surface area contributed by atoms with Crippen molar-refractivity contribution in [1.82, 2.24) is 5.32 Å². The summed E-state index contributed by atoms with van der Waals surface area (Å²) >= 11 is 0. The van der Waals surface area contributed by atoms with Gasteiger partial charge in [-0.25, -0.2) is 0 Å². The van der Waals surface area contributed by atoms with Gasteiger partial charge in [0.05, 0.1) is 6.61 Å². The number of carbonyl (C=O) groups excluding carboxylic acids is 1. The Morgan fingerprint density at radius 2 is 1.71 bits per heavy atom. The van der Waals surface area contributed by atoms with Gasteiger partial charge in [0.25, 0.3) is 5.91 Å². The summed E-state index contributed by atoms with van der Waals surface area (Å²) in [7, 11) is 1.54. The number of hydrogen-bond acceptors (Lipinski definition) is 7. The van der Waals surface area contributed by atoms with Crippen LogP contribution in [0, 0.1) is 0 Å². The first-order chi connectivity index (χ1) is 13.4. The zero-order chi connectivity index (χ0) is 20.3. The molecule has 3 rings (SSSR count). The van der Waals surface area contributed by atoms with Crippen molar-refractivity contribution in [2.75, 3.05) is 13.7 Å². The van der Waals surface area contributed by atoms with Gasteiger partial charge in [0.1, 0.15) is 42.0 Å². The average molecular weight is 389 g/mol. The van der Waals surface area contributed by atoms with E-state index in [-0.39, 0.29) is 5.91 Å². The molecule has 1 aliphatic rings. The van der Waals surface area contributed by atoms with E-state index in [4.69, 9.17) is 9.47 Å². The molecule has 0 saturated carbocycles. The van der Waals surface area contributed by atoms with Gasteiger partial charge in [-0.05, 0) is 35.9 Å². The van der Waals surface area contributed by atoms with E-state index >= 15 is 0 Å². The number of aliphatic hydroxyl groups excluding tert-OH is 4. The van der Waals surface area contributed by atoms with Gasteiger partial charge in [0.2, 0.25) is 0 Å². The Morgan fingerprint density at radius 3 is 2.39 bits per heavy atom. The molecule has 0 aromatic heterocycles. The second kappa shape index (κ2) is 8.68. The maximum Gasteiger partial charge on any atom is 0.251 e. The molecular formula is C20H23NO7. The summed E-state index contributed by atoms with van der Waals surface area (Å²) < 4.78 is 11.4. The number of carbonyl (C=O) groups is 1. The van der Waals surface area contributed by atoms with Crippen LogP contribution in [0.15, 0.2) is 48.5 Å². The fourth-order valence-corrected chi connectivity index (χ4v) is 3.11. The normalized spacial score (nSPS) is 27.2. The van der Waals surface area contributed by atoms with Crippen LogP contribution >= 0.6 is 0 Å². The lowest BCUT2D eigenvalue weighted by Crippen LogP contribution is -2.55. The molecule has 150 valence electrons. The molecule has 1 aliphatic heterocycles. The Bertz CT molecular complexity index is 826. The van der Waals surface area contributed by atoms with Crippen molar-refractivity contribution in [3.8, 4) is 11.5 Å². The van der Waals surface area contributed by atoms with Crippen LogP contribution < -0.4 is 10.1 Å². The molecule has 5 unspecified atom stereocenters. The van der Waals surface area contributed by atoms with Crippen LogP contribution in [0.3, 0.4) is 0 Å². The van der Waals surface area contributed by atoms with E-state index in [0.29, 0.717) is 22.6 Å². The zero-order valence-electron chi connectivity index (χ0n) is 15.2. The smallest absolute Gasteiger partial charge is 0.251 e. The monoisotopic (exact) mass is 389 g/mol. The number of ether oxygens (including phenoxy) is 2. The van der Waals surface area contributed by atoms with Crippen molar-refractivity contribution in [2.24, 2.45) is 0 Å². The third kappa shape index (κ3) is 4.16. The average Bonchev–Trinajstić information content (AvgIpc) is 2.72. The summed E-state index contributed by atoms with van der Waals surface area (Å²) in [6, 6.07) is 13.3. The lowest BCUT2D eigenvalue weighted by atomic mass is 9.91. The number of benzene rings is 2. The maximum absolute atomic E-state index is 11.8. The first-order valence-electron chi connectivity index (χ1n) is 8.85. The Kier molecular flexibility index (Phi) is 6.28. The van der Waals surface area contributed by atoms with Crippen LogP contribution in [-0.2, 0) is 4.74 Å². The van der Waals surface area contributed by atoms with Crippen LogP contribution in [-0.4, -0.2) is 64.4 Å². The molecule has 0 aliphatic carbocycles. The standard InChI is InChI=1S/C20H23NO7/c1-21-20(26)12-5-3-7-14(9-12)27-13-6-2-4-11(8-13)19-18(25)17(24)16(23)15(10-22)28-19/h2-9,15-19,22-25H,10H2,1H3,(H,21,26). The minimum Gasteiger partial charge on any atom is -0.457 e. The van der Waals surface area contributed by atoms with Crippen LogP contribution in [0.5, 0.6) is 11.5 Å². The summed E-state index contributed by atoms with van der Waals surface area (Å²) in [5, 5.41) is 42.0. The highest BCUT2D eigenvalue weighted by atomic mass is 16.5. The van der Waals surface area contributed by atoms with E-state index in [1.54, 1.807) is 55.6 Å². The van der Waals surface area contributed by atoms with Gasteiger partial charge in [-0.15, -0.1) is 0 Å². The molecule has 5 atom stereocenters. The number of nitrogens with one attached hydrogen (secondary N) is 1. The summed E-state index contributed by atoms with van der Waals surface area (Å²) in [5.74, 6) is 0.649. The second-order valence-electron chi connectivity index (χ2n) is 6.53. The molecule has 8 nitrogen and oxygen atoms in total. The highest BCUT2D eigenvalue weighted by Gasteiger charge is 2.43. The van der Waals surface area contributed by atoms with Crippen LogP contribution in [0.2, 0.25) is 0 Å². The van der Waals surface area contributed by atoms with E-state index < -0.39 is 37.1 Å². The number of aliphatic hydroxyl groups is 4. The fourth-order valence-electron chi connectivity index (χ4n) is 3.11. The predicted molar refractivity (Wildman–Crippen MR) is 99.1 cm³/mol. The van der Waals surface area contributed by atoms with Gasteiger partial charge in [0.15, 0.2) is 0 Å². The number of hydrogen-bond donors (Lipinski definition) is 5. The SMILES string of the molecule is CNC(=O)c1cccc(Oc2cccc(C3OC(CO)C(O)C(O)C3O)c2)c1. The second-order valence-corrected chi connectivity index (χ2v) is 6.53. The Hall–Kier alpha value is -2.49. The molecule has 2 aromatic rings. The van der Waals surface area contributed by atoms with E-state index in [1.165, 1.54) is 0 Å². The molecule has 5 N–H and O–H groups in total. The third-order valence-corrected chi connectivity index (χ3v) is 4.64. The quantitative estimate of drug-likeness (QED) is 0.499. The van der Waals surface area contributed by atoms with E-state index in [9.17, 15) is 25.2 Å². The largest absolute Gasteiger partial charge is 0.457 e. The van der Waals surface area contributed by atoms with Crippen molar-refractivity contribution in [2.45, 2.75) is 30.5 Å². The highest BCUT2D eigenvalue weighted by Crippen LogP contribution is 2.34. The molecule has 8 heteroatoms. The van der Waals surface area contributed by atoms with E-state index in [1.807, 2.05) is 0 Å². The lowest BCUT2D eigenvalue weighted by molar-refractivity contribution is -0.231. The van der Waals surface area contributed by atoms with Gasteiger partial charge in [-0.1, -0.05) is 18.2 Å². The Morgan fingerprint density at radius 1 is 1.04 bits per heavy atom. The van der Waals surface area contributed by atoms with Crippen molar-refractivity contribution in [3.63, 3.8) is 0 Å². The minimum absolute atomic E-state index is 0.236. The van der Waals surface area contributed by atoms with Gasteiger partial charge < -0.3 is 35.2 Å². The molecule has 1 heterocycles. The number of rotatable bonds is 5.